The van der Waals surface area contributed by atoms with E-state index in [-0.39, 0.29) is 17.7 Å². The van der Waals surface area contributed by atoms with E-state index in [1.54, 1.807) is 14.2 Å². The summed E-state index contributed by atoms with van der Waals surface area (Å²) < 4.78 is 23.0. The molecule has 1 spiro atoms. The number of esters is 1. The molecule has 1 atom stereocenters. The molecule has 0 amide bonds. The van der Waals surface area contributed by atoms with E-state index in [9.17, 15) is 4.79 Å². The molecule has 2 aliphatic heterocycles. The summed E-state index contributed by atoms with van der Waals surface area (Å²) in [6.07, 6.45) is 6.12. The van der Waals surface area contributed by atoms with E-state index in [4.69, 9.17) is 18.9 Å². The van der Waals surface area contributed by atoms with E-state index < -0.39 is 0 Å². The fourth-order valence-corrected chi connectivity index (χ4v) is 6.37. The molecule has 3 aliphatic rings. The van der Waals surface area contributed by atoms with Crippen LogP contribution >= 0.6 is 0 Å². The van der Waals surface area contributed by atoms with Gasteiger partial charge in [0.1, 0.15) is 0 Å². The Hall–Kier alpha value is -2.57. The highest BCUT2D eigenvalue weighted by atomic mass is 16.5. The Morgan fingerprint density at radius 3 is 2.49 bits per heavy atom. The molecule has 0 bridgehead atoms. The molecule has 1 aliphatic carbocycles. The molecule has 0 aromatic heterocycles. The van der Waals surface area contributed by atoms with Gasteiger partial charge in [-0.05, 0) is 79.8 Å². The van der Waals surface area contributed by atoms with Crippen molar-refractivity contribution in [2.24, 2.45) is 0 Å². The van der Waals surface area contributed by atoms with Gasteiger partial charge in [0, 0.05) is 19.1 Å². The van der Waals surface area contributed by atoms with Crippen molar-refractivity contribution in [2.45, 2.75) is 76.2 Å². The molecule has 6 heteroatoms. The Morgan fingerprint density at radius 1 is 1.06 bits per heavy atom. The maximum atomic E-state index is 12.2. The number of rotatable bonds is 6. The first-order chi connectivity index (χ1) is 17.0. The van der Waals surface area contributed by atoms with Crippen molar-refractivity contribution in [1.82, 2.24) is 4.90 Å². The molecule has 1 fully saturated rings. The van der Waals surface area contributed by atoms with Gasteiger partial charge in [-0.3, -0.25) is 9.69 Å². The van der Waals surface area contributed by atoms with Gasteiger partial charge in [0.15, 0.2) is 11.5 Å². The van der Waals surface area contributed by atoms with Crippen molar-refractivity contribution in [3.05, 3.63) is 58.7 Å². The molecule has 2 aromatic carbocycles. The SMILES string of the molecule is CCOC(=O)C[C@H]1Cc2ccccc2C2(CCC(N3CCc4cc(OC)c(OC)cc4C3)CC2)O1. The second-order valence-corrected chi connectivity index (χ2v) is 10.0. The Bertz CT molecular complexity index is 1060. The minimum absolute atomic E-state index is 0.121. The smallest absolute Gasteiger partial charge is 0.308 e. The van der Waals surface area contributed by atoms with Crippen molar-refractivity contribution < 1.29 is 23.7 Å². The topological polar surface area (TPSA) is 57.2 Å². The van der Waals surface area contributed by atoms with Gasteiger partial charge in [0.05, 0.1) is 39.0 Å². The largest absolute Gasteiger partial charge is 0.493 e. The number of methoxy groups -OCH3 is 2. The zero-order valence-corrected chi connectivity index (χ0v) is 21.2. The fourth-order valence-electron chi connectivity index (χ4n) is 6.37. The Kier molecular flexibility index (Phi) is 7.03. The van der Waals surface area contributed by atoms with Gasteiger partial charge < -0.3 is 18.9 Å². The van der Waals surface area contributed by atoms with Crippen LogP contribution in [0.3, 0.4) is 0 Å². The number of carbonyl (C=O) groups is 1. The van der Waals surface area contributed by atoms with E-state index in [1.165, 1.54) is 22.3 Å². The monoisotopic (exact) mass is 479 g/mol. The number of fused-ring (bicyclic) bond motifs is 3. The lowest BCUT2D eigenvalue weighted by Crippen LogP contribution is -2.48. The molecule has 2 aromatic rings. The number of benzene rings is 2. The van der Waals surface area contributed by atoms with Crippen LogP contribution < -0.4 is 9.47 Å². The minimum atomic E-state index is -0.299. The van der Waals surface area contributed by atoms with Gasteiger partial charge in [-0.15, -0.1) is 0 Å². The second kappa shape index (κ2) is 10.2. The van der Waals surface area contributed by atoms with Gasteiger partial charge in [-0.25, -0.2) is 0 Å². The van der Waals surface area contributed by atoms with E-state index in [0.717, 1.165) is 63.1 Å². The summed E-state index contributed by atoms with van der Waals surface area (Å²) in [5, 5.41) is 0. The fraction of sp³-hybridized carbons (Fsp3) is 0.552. The highest BCUT2D eigenvalue weighted by Gasteiger charge is 2.45. The summed E-state index contributed by atoms with van der Waals surface area (Å²) in [5.41, 5.74) is 5.03. The zero-order chi connectivity index (χ0) is 24.4. The van der Waals surface area contributed by atoms with Crippen LogP contribution in [0.2, 0.25) is 0 Å². The lowest BCUT2D eigenvalue weighted by molar-refractivity contribution is -0.162. The molecule has 1 saturated carbocycles. The third-order valence-corrected chi connectivity index (χ3v) is 8.07. The van der Waals surface area contributed by atoms with Crippen LogP contribution in [-0.2, 0) is 39.3 Å². The van der Waals surface area contributed by atoms with Crippen LogP contribution in [0.4, 0.5) is 0 Å². The van der Waals surface area contributed by atoms with Gasteiger partial charge >= 0.3 is 5.97 Å². The summed E-state index contributed by atoms with van der Waals surface area (Å²) in [4.78, 5) is 14.8. The number of carbonyl (C=O) groups excluding carboxylic acids is 1. The van der Waals surface area contributed by atoms with Crippen molar-refractivity contribution in [3.63, 3.8) is 0 Å². The molecule has 0 unspecified atom stereocenters. The summed E-state index contributed by atoms with van der Waals surface area (Å²) in [6, 6.07) is 13.5. The maximum Gasteiger partial charge on any atom is 0.308 e. The van der Waals surface area contributed by atoms with Crippen LogP contribution in [-0.4, -0.2) is 50.4 Å². The van der Waals surface area contributed by atoms with Crippen molar-refractivity contribution in [2.75, 3.05) is 27.4 Å². The predicted octanol–water partition coefficient (Wildman–Crippen LogP) is 4.79. The first kappa shape index (κ1) is 24.1. The van der Waals surface area contributed by atoms with Crippen LogP contribution in [0, 0.1) is 0 Å². The lowest BCUT2D eigenvalue weighted by atomic mass is 9.73. The molecule has 188 valence electrons. The molecular weight excluding hydrogens is 442 g/mol. The van der Waals surface area contributed by atoms with Crippen LogP contribution in [0.25, 0.3) is 0 Å². The first-order valence-electron chi connectivity index (χ1n) is 12.9. The van der Waals surface area contributed by atoms with Gasteiger partial charge in [0.25, 0.3) is 0 Å². The Labute approximate surface area is 208 Å². The predicted molar refractivity (Wildman–Crippen MR) is 134 cm³/mol. The molecule has 2 heterocycles. The van der Waals surface area contributed by atoms with E-state index >= 15 is 0 Å². The second-order valence-electron chi connectivity index (χ2n) is 10.0. The van der Waals surface area contributed by atoms with E-state index in [2.05, 4.69) is 41.3 Å². The van der Waals surface area contributed by atoms with Crippen molar-refractivity contribution in [1.29, 1.82) is 0 Å². The average Bonchev–Trinajstić information content (AvgIpc) is 2.88. The average molecular weight is 480 g/mol. The summed E-state index contributed by atoms with van der Waals surface area (Å²) in [7, 11) is 3.39. The summed E-state index contributed by atoms with van der Waals surface area (Å²) in [6.45, 7) is 4.26. The number of ether oxygens (including phenoxy) is 4. The third-order valence-electron chi connectivity index (χ3n) is 8.07. The minimum Gasteiger partial charge on any atom is -0.493 e. The third kappa shape index (κ3) is 4.78. The molecule has 0 radical (unpaired) electrons. The molecule has 5 rings (SSSR count). The normalized spacial score (nSPS) is 26.0. The number of hydrogen-bond acceptors (Lipinski definition) is 6. The van der Waals surface area contributed by atoms with Crippen LogP contribution in [0.15, 0.2) is 36.4 Å². The first-order valence-corrected chi connectivity index (χ1v) is 12.9. The van der Waals surface area contributed by atoms with E-state index in [0.29, 0.717) is 19.1 Å². The zero-order valence-electron chi connectivity index (χ0n) is 21.2. The molecule has 6 nitrogen and oxygen atoms in total. The molecule has 35 heavy (non-hydrogen) atoms. The van der Waals surface area contributed by atoms with Crippen LogP contribution in [0.1, 0.15) is 61.3 Å². The quantitative estimate of drug-likeness (QED) is 0.555. The Balaban J connectivity index is 1.30. The van der Waals surface area contributed by atoms with Crippen molar-refractivity contribution >= 4 is 5.97 Å². The van der Waals surface area contributed by atoms with Gasteiger partial charge in [-0.2, -0.15) is 0 Å². The molecule has 0 saturated heterocycles. The van der Waals surface area contributed by atoms with E-state index in [1.807, 2.05) is 6.92 Å². The maximum absolute atomic E-state index is 12.2. The summed E-state index contributed by atoms with van der Waals surface area (Å²) in [5.74, 6) is 1.44. The standard InChI is InChI=1S/C29H37NO5/c1-4-34-28(31)18-24-15-21-7-5-6-8-25(21)29(35-24)12-9-23(10-13-29)30-14-11-20-16-26(32-2)27(33-3)17-22(20)19-30/h5-8,16-17,23-24H,4,9-15,18-19H2,1-3H3/t23?,24-,29?/m1/s1. The van der Waals surface area contributed by atoms with Gasteiger partial charge in [-0.1, -0.05) is 24.3 Å². The summed E-state index contributed by atoms with van der Waals surface area (Å²) >= 11 is 0. The molecule has 0 N–H and O–H groups in total. The Morgan fingerprint density at radius 2 is 1.77 bits per heavy atom. The van der Waals surface area contributed by atoms with Gasteiger partial charge in [0.2, 0.25) is 0 Å². The van der Waals surface area contributed by atoms with Crippen molar-refractivity contribution in [3.8, 4) is 11.5 Å². The lowest BCUT2D eigenvalue weighted by Gasteiger charge is -2.48. The molecular formula is C29H37NO5. The number of nitrogens with zero attached hydrogens (tertiary/aromatic N) is 1. The highest BCUT2D eigenvalue weighted by Crippen LogP contribution is 2.48. The highest BCUT2D eigenvalue weighted by molar-refractivity contribution is 5.70. The van der Waals surface area contributed by atoms with Crippen LogP contribution in [0.5, 0.6) is 11.5 Å². The number of hydrogen-bond donors (Lipinski definition) is 0.